The third kappa shape index (κ3) is 3.63. The molecule has 0 aromatic heterocycles. The zero-order valence-electron chi connectivity index (χ0n) is 12.3. The van der Waals surface area contributed by atoms with Gasteiger partial charge in [-0.3, -0.25) is 9.08 Å². The molecule has 0 amide bonds. The van der Waals surface area contributed by atoms with Crippen LogP contribution in [0, 0.1) is 13.8 Å². The van der Waals surface area contributed by atoms with Gasteiger partial charge in [0.1, 0.15) is 0 Å². The molecule has 0 aliphatic rings. The minimum absolute atomic E-state index is 0.0888. The molecule has 0 radical (unpaired) electrons. The summed E-state index contributed by atoms with van der Waals surface area (Å²) in [6, 6.07) is 1.98. The van der Waals surface area contributed by atoms with Crippen LogP contribution in [0.15, 0.2) is 18.7 Å². The summed E-state index contributed by atoms with van der Waals surface area (Å²) in [5, 5.41) is 0. The van der Waals surface area contributed by atoms with E-state index < -0.39 is 4.87 Å². The lowest BCUT2D eigenvalue weighted by Crippen LogP contribution is -2.16. The summed E-state index contributed by atoms with van der Waals surface area (Å²) < 4.78 is 4.64. The zero-order chi connectivity index (χ0) is 15.5. The Morgan fingerprint density at radius 1 is 1.45 bits per heavy atom. The summed E-state index contributed by atoms with van der Waals surface area (Å²) in [4.78, 5) is 11.6. The van der Waals surface area contributed by atoms with Crippen molar-refractivity contribution >= 4 is 29.3 Å². The van der Waals surface area contributed by atoms with Crippen molar-refractivity contribution in [2.45, 2.75) is 39.0 Å². The highest BCUT2D eigenvalue weighted by Crippen LogP contribution is 2.35. The molecule has 0 unspecified atom stereocenters. The van der Waals surface area contributed by atoms with Gasteiger partial charge >= 0.3 is 0 Å². The first-order chi connectivity index (χ1) is 9.23. The normalized spacial score (nSPS) is 11.5. The number of benzene rings is 1. The molecule has 4 heteroatoms. The lowest BCUT2D eigenvalue weighted by atomic mass is 9.85. The van der Waals surface area contributed by atoms with Gasteiger partial charge in [-0.25, -0.2) is 0 Å². The van der Waals surface area contributed by atoms with E-state index in [4.69, 9.17) is 23.5 Å². The van der Waals surface area contributed by atoms with Crippen LogP contribution in [-0.4, -0.2) is 12.4 Å². The Balaban J connectivity index is 3.57. The summed E-state index contributed by atoms with van der Waals surface area (Å²) >= 11 is 11.8. The minimum Gasteiger partial charge on any atom is -0.289 e. The van der Waals surface area contributed by atoms with Gasteiger partial charge in [0.25, 0.3) is 0 Å². The van der Waals surface area contributed by atoms with Crippen LogP contribution in [-0.2, 0) is 15.6 Å². The molecule has 0 N–H and O–H groups in total. The summed E-state index contributed by atoms with van der Waals surface area (Å²) in [5.74, 6) is -0.0888. The lowest BCUT2D eigenvalue weighted by Gasteiger charge is -2.24. The van der Waals surface area contributed by atoms with E-state index in [0.29, 0.717) is 18.6 Å². The fraction of sp³-hybridized carbons (Fsp3) is 0.438. The molecule has 20 heavy (non-hydrogen) atoms. The van der Waals surface area contributed by atoms with Crippen molar-refractivity contribution < 1.29 is 9.08 Å². The van der Waals surface area contributed by atoms with Crippen molar-refractivity contribution in [3.05, 3.63) is 46.5 Å². The number of carbonyl (C=O) groups is 1. The molecule has 0 aliphatic heterocycles. The highest BCUT2D eigenvalue weighted by atomic mass is 35.5. The van der Waals surface area contributed by atoms with Crippen LogP contribution in [0.3, 0.4) is 0 Å². The van der Waals surface area contributed by atoms with Gasteiger partial charge < -0.3 is 0 Å². The maximum Gasteiger partial charge on any atom is 0.185 e. The number of rotatable bonds is 6. The highest BCUT2D eigenvalue weighted by Gasteiger charge is 2.24. The van der Waals surface area contributed by atoms with E-state index in [1.165, 1.54) is 6.08 Å². The second-order valence-corrected chi connectivity index (χ2v) is 6.49. The van der Waals surface area contributed by atoms with E-state index in [2.05, 4.69) is 10.9 Å². The molecule has 2 nitrogen and oxygen atoms in total. The van der Waals surface area contributed by atoms with Gasteiger partial charge in [-0.1, -0.05) is 12.6 Å². The SMILES string of the molecule is C=CC(=O)c1c(C)cc(C(C)(C)Cl)c(C)c1CCOCl. The second-order valence-electron chi connectivity index (χ2n) is 5.32. The van der Waals surface area contributed by atoms with Gasteiger partial charge in [-0.2, -0.15) is 0 Å². The highest BCUT2D eigenvalue weighted by molar-refractivity contribution is 6.23. The van der Waals surface area contributed by atoms with E-state index in [1.807, 2.05) is 33.8 Å². The van der Waals surface area contributed by atoms with Crippen molar-refractivity contribution in [2.75, 3.05) is 6.61 Å². The summed E-state index contributed by atoms with van der Waals surface area (Å²) in [6.07, 6.45) is 1.89. The summed E-state index contributed by atoms with van der Waals surface area (Å²) in [5.41, 5.74) is 4.53. The van der Waals surface area contributed by atoms with Crippen molar-refractivity contribution in [1.82, 2.24) is 0 Å². The number of ketones is 1. The Kier molecular flexibility index (Phi) is 5.81. The number of alkyl halides is 1. The summed E-state index contributed by atoms with van der Waals surface area (Å²) in [7, 11) is 0. The Labute approximate surface area is 130 Å². The Morgan fingerprint density at radius 3 is 2.50 bits per heavy atom. The van der Waals surface area contributed by atoms with Gasteiger partial charge in [0.05, 0.1) is 23.3 Å². The predicted molar refractivity (Wildman–Crippen MR) is 84.8 cm³/mol. The molecule has 0 saturated carbocycles. The van der Waals surface area contributed by atoms with Crippen LogP contribution in [0.5, 0.6) is 0 Å². The molecule has 0 fully saturated rings. The van der Waals surface area contributed by atoms with Gasteiger partial charge in [-0.15, -0.1) is 11.6 Å². The van der Waals surface area contributed by atoms with Crippen molar-refractivity contribution in [2.24, 2.45) is 0 Å². The number of carbonyl (C=O) groups excluding carboxylic acids is 1. The van der Waals surface area contributed by atoms with E-state index >= 15 is 0 Å². The number of allylic oxidation sites excluding steroid dienone is 1. The first-order valence-electron chi connectivity index (χ1n) is 6.46. The average Bonchev–Trinajstić information content (AvgIpc) is 2.36. The maximum absolute atomic E-state index is 12.1. The van der Waals surface area contributed by atoms with Gasteiger partial charge in [-0.05, 0) is 62.4 Å². The number of hydrogen-bond donors (Lipinski definition) is 0. The first-order valence-corrected chi connectivity index (χ1v) is 7.15. The largest absolute Gasteiger partial charge is 0.289 e. The van der Waals surface area contributed by atoms with Crippen LogP contribution in [0.4, 0.5) is 0 Å². The molecule has 0 aliphatic carbocycles. The molecule has 0 heterocycles. The van der Waals surface area contributed by atoms with E-state index in [0.717, 1.165) is 22.3 Å². The first kappa shape index (κ1) is 17.2. The molecular weight excluding hydrogens is 295 g/mol. The maximum atomic E-state index is 12.1. The van der Waals surface area contributed by atoms with Gasteiger partial charge in [0.2, 0.25) is 0 Å². The summed E-state index contributed by atoms with van der Waals surface area (Å²) in [6.45, 7) is 11.7. The number of halogens is 2. The topological polar surface area (TPSA) is 26.3 Å². The lowest BCUT2D eigenvalue weighted by molar-refractivity contribution is 0.104. The molecule has 0 saturated heterocycles. The average molecular weight is 315 g/mol. The Morgan fingerprint density at radius 2 is 2.05 bits per heavy atom. The second kappa shape index (κ2) is 6.75. The van der Waals surface area contributed by atoms with Crippen molar-refractivity contribution in [3.63, 3.8) is 0 Å². The molecule has 1 rings (SSSR count). The van der Waals surface area contributed by atoms with Crippen LogP contribution in [0.1, 0.15) is 46.5 Å². The quantitative estimate of drug-likeness (QED) is 0.426. The number of hydrogen-bond acceptors (Lipinski definition) is 2. The third-order valence-electron chi connectivity index (χ3n) is 3.42. The fourth-order valence-electron chi connectivity index (χ4n) is 2.50. The Hall–Kier alpha value is -0.830. The van der Waals surface area contributed by atoms with Crippen LogP contribution in [0.2, 0.25) is 0 Å². The molecular formula is C16H20Cl2O2. The Bertz CT molecular complexity index is 528. The molecule has 0 atom stereocenters. The van der Waals surface area contributed by atoms with E-state index in [-0.39, 0.29) is 5.78 Å². The molecule has 0 spiro atoms. The molecule has 110 valence electrons. The van der Waals surface area contributed by atoms with Crippen LogP contribution < -0.4 is 0 Å². The van der Waals surface area contributed by atoms with Gasteiger partial charge in [0.15, 0.2) is 5.78 Å². The smallest absolute Gasteiger partial charge is 0.185 e. The monoisotopic (exact) mass is 314 g/mol. The molecule has 1 aromatic carbocycles. The van der Waals surface area contributed by atoms with Crippen molar-refractivity contribution in [1.29, 1.82) is 0 Å². The number of aryl methyl sites for hydroxylation is 1. The van der Waals surface area contributed by atoms with E-state index in [9.17, 15) is 4.79 Å². The van der Waals surface area contributed by atoms with Crippen LogP contribution in [0.25, 0.3) is 0 Å². The standard InChI is InChI=1S/C16H20Cl2O2/c1-6-14(19)15-10(2)9-13(16(4,5)17)11(3)12(15)7-8-20-18/h6,9H,1,7-8H2,2-5H3. The van der Waals surface area contributed by atoms with Gasteiger partial charge in [0, 0.05) is 5.56 Å². The predicted octanol–water partition coefficient (Wildman–Crippen LogP) is 4.86. The fourth-order valence-corrected chi connectivity index (χ4v) is 2.77. The molecule has 0 bridgehead atoms. The minimum atomic E-state index is -0.499. The third-order valence-corrected chi connectivity index (χ3v) is 3.77. The van der Waals surface area contributed by atoms with E-state index in [1.54, 1.807) is 0 Å². The zero-order valence-corrected chi connectivity index (χ0v) is 13.9. The molecule has 1 aromatic rings. The van der Waals surface area contributed by atoms with Crippen LogP contribution >= 0.6 is 23.5 Å². The van der Waals surface area contributed by atoms with Crippen molar-refractivity contribution in [3.8, 4) is 0 Å².